The Morgan fingerprint density at radius 3 is 1.15 bits per heavy atom. The number of halogens is 1. The fraction of sp³-hybridized carbons (Fsp3) is 0.763. The van der Waals surface area contributed by atoms with E-state index in [4.69, 9.17) is 16.3 Å². The molecule has 0 saturated heterocycles. The maximum atomic E-state index is 11.3. The van der Waals surface area contributed by atoms with Crippen LogP contribution in [0.2, 0.25) is 0 Å². The molecule has 0 spiro atoms. The molecule has 0 radical (unpaired) electrons. The summed E-state index contributed by atoms with van der Waals surface area (Å²) >= 11 is 5.55. The number of hydrogen-bond acceptors (Lipinski definition) is 2. The molecule has 0 heterocycles. The number of allylic oxidation sites excluding steroid dienone is 8. The molecule has 0 aliphatic heterocycles. The molecule has 0 aliphatic carbocycles. The van der Waals surface area contributed by atoms with E-state index in [0.717, 1.165) is 38.5 Å². The average molecular weight is 591 g/mol. The number of hydrogen-bond donors (Lipinski definition) is 0. The van der Waals surface area contributed by atoms with Crippen molar-refractivity contribution in [1.82, 2.24) is 0 Å². The molecule has 0 aromatic rings. The van der Waals surface area contributed by atoms with Crippen molar-refractivity contribution in [2.75, 3.05) is 0 Å². The van der Waals surface area contributed by atoms with Gasteiger partial charge in [0.05, 0.1) is 0 Å². The molecule has 0 fully saturated rings. The third-order valence-corrected chi connectivity index (χ3v) is 7.80. The standard InChI is InChI=1S/C38H67ClO2/c1-3-5-7-9-11-13-15-17-19-21-23-25-27-29-31-33-35-37(41-38(39)40)36-34-32-30-28-26-24-22-20-18-16-14-12-10-8-6-4-2/h11-14,17-20,37H,3-10,15-16,21-36H2,1-2H3/b13-11-,14-12-,19-17-,20-18-. The molecule has 0 aliphatic rings. The molecule has 0 amide bonds. The molecule has 0 bridgehead atoms. The molecular formula is C38H67ClO2. The van der Waals surface area contributed by atoms with Crippen molar-refractivity contribution >= 4 is 17.0 Å². The topological polar surface area (TPSA) is 26.3 Å². The molecule has 41 heavy (non-hydrogen) atoms. The largest absolute Gasteiger partial charge is 0.450 e. The van der Waals surface area contributed by atoms with Crippen LogP contribution in [0.15, 0.2) is 48.6 Å². The Morgan fingerprint density at radius 1 is 0.488 bits per heavy atom. The molecule has 238 valence electrons. The number of rotatable bonds is 31. The predicted molar refractivity (Wildman–Crippen MR) is 184 cm³/mol. The van der Waals surface area contributed by atoms with Crippen molar-refractivity contribution in [2.24, 2.45) is 0 Å². The van der Waals surface area contributed by atoms with Gasteiger partial charge in [0.15, 0.2) is 0 Å². The third-order valence-electron chi connectivity index (χ3n) is 7.71. The minimum Gasteiger partial charge on any atom is -0.450 e. The SMILES string of the molecule is CCCCC/C=C\C/C=C\CCCCCCCCC(CCCCCCCC/C=C\C/C=C\CCCCC)OC(=O)Cl. The Bertz CT molecular complexity index is 601. The van der Waals surface area contributed by atoms with Crippen molar-refractivity contribution in [3.63, 3.8) is 0 Å². The van der Waals surface area contributed by atoms with Crippen molar-refractivity contribution in [1.29, 1.82) is 0 Å². The first-order valence-corrected chi connectivity index (χ1v) is 18.0. The zero-order valence-electron chi connectivity index (χ0n) is 27.3. The van der Waals surface area contributed by atoms with Gasteiger partial charge in [-0.1, -0.05) is 140 Å². The Morgan fingerprint density at radius 2 is 0.805 bits per heavy atom. The van der Waals surface area contributed by atoms with Crippen LogP contribution in [0, 0.1) is 0 Å². The normalized spacial score (nSPS) is 12.3. The zero-order valence-corrected chi connectivity index (χ0v) is 28.0. The quantitative estimate of drug-likeness (QED) is 0.0456. The van der Waals surface area contributed by atoms with Crippen molar-refractivity contribution in [3.8, 4) is 0 Å². The molecule has 0 rings (SSSR count). The summed E-state index contributed by atoms with van der Waals surface area (Å²) in [4.78, 5) is 11.3. The van der Waals surface area contributed by atoms with Gasteiger partial charge in [-0.2, -0.15) is 0 Å². The van der Waals surface area contributed by atoms with Crippen LogP contribution in [-0.2, 0) is 4.74 Å². The summed E-state index contributed by atoms with van der Waals surface area (Å²) in [6.45, 7) is 4.51. The lowest BCUT2D eigenvalue weighted by Crippen LogP contribution is -2.14. The minimum absolute atomic E-state index is 0.00309. The second-order valence-corrected chi connectivity index (χ2v) is 12.0. The smallest absolute Gasteiger partial charge is 0.404 e. The fourth-order valence-corrected chi connectivity index (χ4v) is 5.24. The Kier molecular flexibility index (Phi) is 33.8. The van der Waals surface area contributed by atoms with E-state index in [-0.39, 0.29) is 6.10 Å². The van der Waals surface area contributed by atoms with Crippen LogP contribution in [0.3, 0.4) is 0 Å². The highest BCUT2D eigenvalue weighted by Crippen LogP contribution is 2.18. The van der Waals surface area contributed by atoms with Gasteiger partial charge in [-0.05, 0) is 89.9 Å². The van der Waals surface area contributed by atoms with Crippen LogP contribution in [0.25, 0.3) is 0 Å². The summed E-state index contributed by atoms with van der Waals surface area (Å²) in [5.74, 6) is 0. The van der Waals surface area contributed by atoms with E-state index in [1.165, 1.54) is 128 Å². The van der Waals surface area contributed by atoms with E-state index in [1.807, 2.05) is 0 Å². The first-order chi connectivity index (χ1) is 20.2. The van der Waals surface area contributed by atoms with E-state index < -0.39 is 5.43 Å². The summed E-state index contributed by atoms with van der Waals surface area (Å²) in [7, 11) is 0. The van der Waals surface area contributed by atoms with Crippen LogP contribution in [0.1, 0.15) is 181 Å². The van der Waals surface area contributed by atoms with E-state index >= 15 is 0 Å². The van der Waals surface area contributed by atoms with Gasteiger partial charge in [0.1, 0.15) is 6.10 Å². The van der Waals surface area contributed by atoms with Crippen LogP contribution in [0.5, 0.6) is 0 Å². The van der Waals surface area contributed by atoms with Gasteiger partial charge in [-0.25, -0.2) is 4.79 Å². The van der Waals surface area contributed by atoms with Gasteiger partial charge >= 0.3 is 5.43 Å². The summed E-state index contributed by atoms with van der Waals surface area (Å²) in [6, 6.07) is 0. The van der Waals surface area contributed by atoms with Gasteiger partial charge in [0.2, 0.25) is 0 Å². The second kappa shape index (κ2) is 34.9. The third kappa shape index (κ3) is 34.8. The number of carbonyl (C=O) groups excluding carboxylic acids is 1. The molecule has 0 saturated carbocycles. The summed E-state index contributed by atoms with van der Waals surface area (Å²) in [5, 5.41) is 0. The highest BCUT2D eigenvalue weighted by Gasteiger charge is 2.12. The number of unbranched alkanes of at least 4 members (excludes halogenated alkanes) is 18. The molecule has 2 nitrogen and oxygen atoms in total. The maximum Gasteiger partial charge on any atom is 0.404 e. The zero-order chi connectivity index (χ0) is 29.9. The maximum absolute atomic E-state index is 11.3. The van der Waals surface area contributed by atoms with Crippen molar-refractivity contribution < 1.29 is 9.53 Å². The summed E-state index contributed by atoms with van der Waals surface area (Å²) < 4.78 is 5.40. The molecule has 0 N–H and O–H groups in total. The minimum atomic E-state index is -0.643. The van der Waals surface area contributed by atoms with E-state index in [1.54, 1.807) is 0 Å². The predicted octanol–water partition coefficient (Wildman–Crippen LogP) is 14.1. The second-order valence-electron chi connectivity index (χ2n) is 11.7. The molecule has 0 aromatic carbocycles. The van der Waals surface area contributed by atoms with Gasteiger partial charge in [0, 0.05) is 11.6 Å². The van der Waals surface area contributed by atoms with Gasteiger partial charge < -0.3 is 4.74 Å². The van der Waals surface area contributed by atoms with E-state index in [9.17, 15) is 4.79 Å². The van der Waals surface area contributed by atoms with Gasteiger partial charge in [-0.15, -0.1) is 0 Å². The van der Waals surface area contributed by atoms with Crippen molar-refractivity contribution in [3.05, 3.63) is 48.6 Å². The van der Waals surface area contributed by atoms with Crippen molar-refractivity contribution in [2.45, 2.75) is 187 Å². The average Bonchev–Trinajstić information content (AvgIpc) is 2.96. The lowest BCUT2D eigenvalue weighted by Gasteiger charge is -2.16. The summed E-state index contributed by atoms with van der Waals surface area (Å²) in [5.41, 5.74) is -0.643. The fourth-order valence-electron chi connectivity index (χ4n) is 5.11. The Hall–Kier alpha value is -1.28. The summed E-state index contributed by atoms with van der Waals surface area (Å²) in [6.07, 6.45) is 50.5. The first-order valence-electron chi connectivity index (χ1n) is 17.7. The van der Waals surface area contributed by atoms with E-state index in [2.05, 4.69) is 62.5 Å². The van der Waals surface area contributed by atoms with Crippen LogP contribution >= 0.6 is 11.6 Å². The highest BCUT2D eigenvalue weighted by molar-refractivity contribution is 6.61. The lowest BCUT2D eigenvalue weighted by molar-refractivity contribution is 0.106. The molecule has 0 unspecified atom stereocenters. The van der Waals surface area contributed by atoms with Gasteiger partial charge in [-0.3, -0.25) is 0 Å². The van der Waals surface area contributed by atoms with Crippen LogP contribution < -0.4 is 0 Å². The Labute approximate surface area is 261 Å². The lowest BCUT2D eigenvalue weighted by atomic mass is 10.0. The van der Waals surface area contributed by atoms with E-state index in [0.29, 0.717) is 0 Å². The van der Waals surface area contributed by atoms with Crippen LogP contribution in [0.4, 0.5) is 4.79 Å². The molecule has 0 atom stereocenters. The monoisotopic (exact) mass is 590 g/mol. The van der Waals surface area contributed by atoms with Crippen LogP contribution in [-0.4, -0.2) is 11.5 Å². The molecule has 3 heteroatoms. The highest BCUT2D eigenvalue weighted by atomic mass is 35.5. The number of ether oxygens (including phenoxy) is 1. The first kappa shape index (κ1) is 39.7. The molecular weight excluding hydrogens is 524 g/mol. The number of carbonyl (C=O) groups is 1. The Balaban J connectivity index is 3.63. The van der Waals surface area contributed by atoms with Gasteiger partial charge in [0.25, 0.3) is 0 Å². The molecule has 0 aromatic heterocycles.